The van der Waals surface area contributed by atoms with Crippen molar-refractivity contribution in [3.8, 4) is 11.5 Å². The van der Waals surface area contributed by atoms with E-state index < -0.39 is 0 Å². The van der Waals surface area contributed by atoms with Crippen molar-refractivity contribution < 1.29 is 19.1 Å². The number of hydrazone groups is 1. The summed E-state index contributed by atoms with van der Waals surface area (Å²) in [7, 11) is 3.16. The predicted molar refractivity (Wildman–Crippen MR) is 119 cm³/mol. The van der Waals surface area contributed by atoms with Crippen LogP contribution in [-0.4, -0.2) is 43.8 Å². The number of carbonyl (C=O) groups is 2. The summed E-state index contributed by atoms with van der Waals surface area (Å²) in [4.78, 5) is 23.6. The maximum absolute atomic E-state index is 11.8. The molecule has 0 bridgehead atoms. The maximum atomic E-state index is 11.8. The summed E-state index contributed by atoms with van der Waals surface area (Å²) in [5.41, 5.74) is 9.28. The van der Waals surface area contributed by atoms with Gasteiger partial charge in [-0.05, 0) is 24.3 Å². The monoisotopic (exact) mass is 428 g/mol. The van der Waals surface area contributed by atoms with Crippen LogP contribution in [0.25, 0.3) is 6.08 Å². The van der Waals surface area contributed by atoms with E-state index in [0.29, 0.717) is 5.75 Å². The van der Waals surface area contributed by atoms with Crippen molar-refractivity contribution in [2.75, 3.05) is 25.7 Å². The Morgan fingerprint density at radius 3 is 2.23 bits per heavy atom. The highest BCUT2D eigenvalue weighted by atomic mass is 32.2. The van der Waals surface area contributed by atoms with E-state index in [-0.39, 0.29) is 23.3 Å². The average Bonchev–Trinajstić information content (AvgIpc) is 2.77. The van der Waals surface area contributed by atoms with Gasteiger partial charge in [0.05, 0.1) is 31.9 Å². The Morgan fingerprint density at radius 1 is 0.933 bits per heavy atom. The molecule has 0 heterocycles. The van der Waals surface area contributed by atoms with Gasteiger partial charge in [0.25, 0.3) is 0 Å². The Labute approximate surface area is 179 Å². The Bertz CT molecular complexity index is 902. The van der Waals surface area contributed by atoms with Crippen LogP contribution in [-0.2, 0) is 9.59 Å². The van der Waals surface area contributed by atoms with Crippen LogP contribution < -0.4 is 25.8 Å². The van der Waals surface area contributed by atoms with E-state index >= 15 is 0 Å². The first-order valence-corrected chi connectivity index (χ1v) is 10.2. The molecule has 0 saturated heterocycles. The molecule has 0 radical (unpaired) electrons. The number of nitrogens with zero attached hydrogens (tertiary/aromatic N) is 1. The average molecular weight is 429 g/mol. The summed E-state index contributed by atoms with van der Waals surface area (Å²) in [6.07, 6.45) is 4.88. The molecule has 0 aliphatic heterocycles. The molecular formula is C21H24N4O4S. The van der Waals surface area contributed by atoms with Crippen molar-refractivity contribution in [2.24, 2.45) is 5.10 Å². The number of hydrogen-bond donors (Lipinski definition) is 3. The van der Waals surface area contributed by atoms with E-state index in [1.807, 2.05) is 42.5 Å². The van der Waals surface area contributed by atoms with Crippen LogP contribution in [0.4, 0.5) is 0 Å². The second kappa shape index (κ2) is 12.9. The zero-order valence-electron chi connectivity index (χ0n) is 16.8. The third-order valence-corrected chi connectivity index (χ3v) is 4.63. The molecule has 2 rings (SSSR count). The zero-order chi connectivity index (χ0) is 21.6. The number of nitrogens with one attached hydrogen (secondary N) is 3. The lowest BCUT2D eigenvalue weighted by Gasteiger charge is -2.06. The van der Waals surface area contributed by atoms with Gasteiger partial charge in [0, 0.05) is 17.3 Å². The number of benzene rings is 2. The third kappa shape index (κ3) is 7.88. The highest BCUT2D eigenvalue weighted by molar-refractivity contribution is 8.00. The standard InChI is InChI=1S/C21H24N4O4S/c1-28-18-9-5-3-7-16(18)11-12-22-24-20(26)14-30-15-21(27)25-23-13-17-8-4-6-10-19(17)29-2/h3-13,22H,14-15H2,1-2H3,(H,24,26)(H,25,27)/b12-11+,23-13+. The summed E-state index contributed by atoms with van der Waals surface area (Å²) in [6, 6.07) is 14.8. The number of amides is 2. The van der Waals surface area contributed by atoms with Crippen molar-refractivity contribution >= 4 is 35.9 Å². The van der Waals surface area contributed by atoms with E-state index in [1.165, 1.54) is 18.0 Å². The molecule has 2 amide bonds. The van der Waals surface area contributed by atoms with E-state index in [2.05, 4.69) is 21.4 Å². The van der Waals surface area contributed by atoms with Crippen LogP contribution in [0.1, 0.15) is 11.1 Å². The van der Waals surface area contributed by atoms with Crippen molar-refractivity contribution in [3.63, 3.8) is 0 Å². The van der Waals surface area contributed by atoms with Crippen LogP contribution in [0.2, 0.25) is 0 Å². The number of thioether (sulfide) groups is 1. The molecule has 3 N–H and O–H groups in total. The van der Waals surface area contributed by atoms with Gasteiger partial charge in [0.2, 0.25) is 11.8 Å². The second-order valence-electron chi connectivity index (χ2n) is 5.80. The van der Waals surface area contributed by atoms with Gasteiger partial charge in [-0.3, -0.25) is 15.0 Å². The van der Waals surface area contributed by atoms with E-state index in [1.54, 1.807) is 32.6 Å². The van der Waals surface area contributed by atoms with E-state index in [0.717, 1.165) is 16.9 Å². The number of methoxy groups -OCH3 is 2. The lowest BCUT2D eigenvalue weighted by molar-refractivity contribution is -0.119. The summed E-state index contributed by atoms with van der Waals surface area (Å²) in [5, 5.41) is 3.90. The summed E-state index contributed by atoms with van der Waals surface area (Å²) < 4.78 is 10.4. The zero-order valence-corrected chi connectivity index (χ0v) is 17.6. The molecule has 0 fully saturated rings. The highest BCUT2D eigenvalue weighted by Gasteiger charge is 2.04. The number of ether oxygens (including phenoxy) is 2. The van der Waals surface area contributed by atoms with Gasteiger partial charge in [-0.1, -0.05) is 30.3 Å². The normalized spacial score (nSPS) is 10.7. The second-order valence-corrected chi connectivity index (χ2v) is 6.78. The maximum Gasteiger partial charge on any atom is 0.250 e. The smallest absolute Gasteiger partial charge is 0.250 e. The van der Waals surface area contributed by atoms with Gasteiger partial charge in [-0.25, -0.2) is 5.43 Å². The highest BCUT2D eigenvalue weighted by Crippen LogP contribution is 2.18. The molecule has 0 atom stereocenters. The molecule has 30 heavy (non-hydrogen) atoms. The van der Waals surface area contributed by atoms with Gasteiger partial charge in [0.1, 0.15) is 11.5 Å². The van der Waals surface area contributed by atoms with Gasteiger partial charge >= 0.3 is 0 Å². The van der Waals surface area contributed by atoms with Crippen LogP contribution in [0.3, 0.4) is 0 Å². The third-order valence-electron chi connectivity index (χ3n) is 3.69. The van der Waals surface area contributed by atoms with E-state index in [9.17, 15) is 9.59 Å². The van der Waals surface area contributed by atoms with Gasteiger partial charge < -0.3 is 14.9 Å². The van der Waals surface area contributed by atoms with Gasteiger partial charge in [0.15, 0.2) is 0 Å². The van der Waals surface area contributed by atoms with Crippen LogP contribution in [0, 0.1) is 0 Å². The summed E-state index contributed by atoms with van der Waals surface area (Å²) in [6.45, 7) is 0. The molecule has 0 saturated carbocycles. The van der Waals surface area contributed by atoms with Crippen molar-refractivity contribution in [1.29, 1.82) is 0 Å². The molecule has 8 nitrogen and oxygen atoms in total. The molecule has 2 aromatic rings. The van der Waals surface area contributed by atoms with Crippen molar-refractivity contribution in [2.45, 2.75) is 0 Å². The lowest BCUT2D eigenvalue weighted by Crippen LogP contribution is -2.35. The fourth-order valence-electron chi connectivity index (χ4n) is 2.31. The number of hydrazine groups is 1. The van der Waals surface area contributed by atoms with Crippen molar-refractivity contribution in [3.05, 3.63) is 65.9 Å². The largest absolute Gasteiger partial charge is 0.496 e. The fraction of sp³-hybridized carbons (Fsp3) is 0.190. The first kappa shape index (κ1) is 22.8. The van der Waals surface area contributed by atoms with Gasteiger partial charge in [-0.2, -0.15) is 5.10 Å². The first-order valence-electron chi connectivity index (χ1n) is 9.00. The minimum Gasteiger partial charge on any atom is -0.496 e. The fourth-order valence-corrected chi connectivity index (χ4v) is 2.92. The van der Waals surface area contributed by atoms with Gasteiger partial charge in [-0.15, -0.1) is 11.8 Å². The molecule has 0 spiro atoms. The minimum atomic E-state index is -0.303. The molecule has 0 aliphatic carbocycles. The molecular weight excluding hydrogens is 404 g/mol. The number of carbonyl (C=O) groups excluding carboxylic acids is 2. The lowest BCUT2D eigenvalue weighted by atomic mass is 10.2. The Hall–Kier alpha value is -3.46. The van der Waals surface area contributed by atoms with Crippen molar-refractivity contribution in [1.82, 2.24) is 16.3 Å². The predicted octanol–water partition coefficient (Wildman–Crippen LogP) is 2.18. The summed E-state index contributed by atoms with van der Waals surface area (Å²) in [5.74, 6) is 1.07. The Balaban J connectivity index is 1.63. The molecule has 0 aliphatic rings. The SMILES string of the molecule is COc1ccccc1/C=C/NNC(=O)CSCC(=O)N/N=C/c1ccccc1OC. The summed E-state index contributed by atoms with van der Waals surface area (Å²) >= 11 is 1.18. The quantitative estimate of drug-likeness (QED) is 0.375. The van der Waals surface area contributed by atoms with E-state index in [4.69, 9.17) is 9.47 Å². The Kier molecular flexibility index (Phi) is 9.81. The number of hydrogen-bond acceptors (Lipinski definition) is 7. The molecule has 2 aromatic carbocycles. The number of rotatable bonds is 11. The minimum absolute atomic E-state index is 0.105. The van der Waals surface area contributed by atoms with Crippen LogP contribution in [0.5, 0.6) is 11.5 Å². The topological polar surface area (TPSA) is 101 Å². The molecule has 0 aromatic heterocycles. The molecule has 158 valence electrons. The first-order chi connectivity index (χ1) is 14.6. The number of para-hydroxylation sites is 2. The molecule has 0 unspecified atom stereocenters. The van der Waals surface area contributed by atoms with Crippen LogP contribution >= 0.6 is 11.8 Å². The van der Waals surface area contributed by atoms with Crippen LogP contribution in [0.15, 0.2) is 59.8 Å². The Morgan fingerprint density at radius 2 is 1.53 bits per heavy atom. The molecule has 9 heteroatoms.